The zero-order chi connectivity index (χ0) is 20.0. The van der Waals surface area contributed by atoms with Gasteiger partial charge in [-0.25, -0.2) is 9.78 Å². The number of pyridine rings is 3. The molecule has 1 fully saturated rings. The largest absolute Gasteiger partial charge is 0.478 e. The van der Waals surface area contributed by atoms with E-state index in [9.17, 15) is 9.59 Å². The molecule has 1 N–H and O–H groups in total. The molecule has 0 saturated carbocycles. The number of fused-ring (bicyclic) bond motifs is 4. The van der Waals surface area contributed by atoms with Gasteiger partial charge in [0, 0.05) is 61.5 Å². The summed E-state index contributed by atoms with van der Waals surface area (Å²) in [7, 11) is 0. The highest BCUT2D eigenvalue weighted by molar-refractivity contribution is 5.87. The summed E-state index contributed by atoms with van der Waals surface area (Å²) in [4.78, 5) is 34.6. The van der Waals surface area contributed by atoms with Crippen molar-refractivity contribution in [2.75, 3.05) is 18.0 Å². The number of carbonyl (C=O) groups is 1. The van der Waals surface area contributed by atoms with Crippen molar-refractivity contribution in [1.82, 2.24) is 14.5 Å². The lowest BCUT2D eigenvalue weighted by atomic mass is 9.82. The van der Waals surface area contributed by atoms with Crippen molar-refractivity contribution in [3.05, 3.63) is 76.6 Å². The van der Waals surface area contributed by atoms with E-state index in [0.29, 0.717) is 12.5 Å². The zero-order valence-corrected chi connectivity index (χ0v) is 15.7. The maximum absolute atomic E-state index is 12.8. The predicted molar refractivity (Wildman–Crippen MR) is 108 cm³/mol. The van der Waals surface area contributed by atoms with Crippen LogP contribution in [0.1, 0.15) is 28.4 Å². The fraction of sp³-hybridized carbons (Fsp3) is 0.273. The number of anilines is 1. The third-order valence-corrected chi connectivity index (χ3v) is 5.87. The van der Waals surface area contributed by atoms with Crippen LogP contribution in [0.15, 0.2) is 59.8 Å². The minimum atomic E-state index is -0.976. The fourth-order valence-electron chi connectivity index (χ4n) is 4.55. The number of rotatable bonds is 3. The third kappa shape index (κ3) is 3.18. The molecule has 2 bridgehead atoms. The monoisotopic (exact) mass is 388 g/mol. The van der Waals surface area contributed by atoms with Crippen LogP contribution in [0.2, 0.25) is 0 Å². The van der Waals surface area contributed by atoms with Crippen molar-refractivity contribution >= 4 is 11.8 Å². The molecule has 7 nitrogen and oxygen atoms in total. The molecule has 0 aromatic carbocycles. The van der Waals surface area contributed by atoms with Crippen LogP contribution in [0.3, 0.4) is 0 Å². The molecule has 7 heteroatoms. The van der Waals surface area contributed by atoms with Crippen molar-refractivity contribution in [1.29, 1.82) is 0 Å². The highest BCUT2D eigenvalue weighted by atomic mass is 16.4. The highest BCUT2D eigenvalue weighted by Crippen LogP contribution is 2.37. The number of nitrogens with zero attached hydrogens (tertiary/aromatic N) is 4. The molecule has 2 aliphatic rings. The summed E-state index contributed by atoms with van der Waals surface area (Å²) in [6.07, 6.45) is 5.94. The van der Waals surface area contributed by atoms with Gasteiger partial charge in [0.1, 0.15) is 5.82 Å². The van der Waals surface area contributed by atoms with Crippen LogP contribution >= 0.6 is 0 Å². The van der Waals surface area contributed by atoms with E-state index in [-0.39, 0.29) is 17.0 Å². The van der Waals surface area contributed by atoms with Crippen LogP contribution in [0.25, 0.3) is 11.1 Å². The Bertz CT molecular complexity index is 1130. The number of carboxylic acids is 1. The fourth-order valence-corrected chi connectivity index (χ4v) is 4.55. The predicted octanol–water partition coefficient (Wildman–Crippen LogP) is 2.63. The Hall–Kier alpha value is -3.48. The average molecular weight is 388 g/mol. The number of aromatic carboxylic acids is 1. The van der Waals surface area contributed by atoms with Gasteiger partial charge in [-0.1, -0.05) is 6.07 Å². The second-order valence-electron chi connectivity index (χ2n) is 7.77. The van der Waals surface area contributed by atoms with Crippen LogP contribution in [-0.4, -0.2) is 38.7 Å². The van der Waals surface area contributed by atoms with Gasteiger partial charge in [-0.05, 0) is 42.2 Å². The molecule has 3 aromatic heterocycles. The molecule has 2 aliphatic heterocycles. The second kappa shape index (κ2) is 6.84. The van der Waals surface area contributed by atoms with Crippen LogP contribution < -0.4 is 10.5 Å². The van der Waals surface area contributed by atoms with Crippen molar-refractivity contribution in [3.63, 3.8) is 0 Å². The Labute approximate surface area is 167 Å². The number of aromatic nitrogens is 3. The number of piperidine rings is 1. The lowest BCUT2D eigenvalue weighted by Gasteiger charge is -2.43. The molecule has 0 unspecified atom stereocenters. The van der Waals surface area contributed by atoms with E-state index in [2.05, 4.69) is 20.9 Å². The normalized spacial score (nSPS) is 20.2. The van der Waals surface area contributed by atoms with Crippen molar-refractivity contribution in [3.8, 4) is 11.1 Å². The van der Waals surface area contributed by atoms with Crippen LogP contribution in [0, 0.1) is 5.92 Å². The molecular weight excluding hydrogens is 368 g/mol. The van der Waals surface area contributed by atoms with Gasteiger partial charge in [0.25, 0.3) is 5.56 Å². The summed E-state index contributed by atoms with van der Waals surface area (Å²) in [5.74, 6) is 0.400. The van der Waals surface area contributed by atoms with Crippen LogP contribution in [0.5, 0.6) is 0 Å². The van der Waals surface area contributed by atoms with Gasteiger partial charge in [0.05, 0.1) is 5.56 Å². The summed E-state index contributed by atoms with van der Waals surface area (Å²) in [5.41, 5.74) is 3.11. The van der Waals surface area contributed by atoms with Gasteiger partial charge in [-0.2, -0.15) is 0 Å². The Morgan fingerprint density at radius 1 is 1.07 bits per heavy atom. The van der Waals surface area contributed by atoms with E-state index in [1.54, 1.807) is 30.6 Å². The SMILES string of the molecule is O=C(O)c1ccc(N2C[C@@H]3C[C@H](C2)c2cc(-c4cccnc4)cc(=O)n2C3)nc1. The van der Waals surface area contributed by atoms with E-state index < -0.39 is 5.97 Å². The van der Waals surface area contributed by atoms with E-state index in [1.807, 2.05) is 16.7 Å². The first-order chi connectivity index (χ1) is 14.1. The van der Waals surface area contributed by atoms with Gasteiger partial charge < -0.3 is 14.6 Å². The molecule has 5 heterocycles. The molecule has 0 amide bonds. The quantitative estimate of drug-likeness (QED) is 0.742. The second-order valence-corrected chi connectivity index (χ2v) is 7.77. The molecule has 0 radical (unpaired) electrons. The summed E-state index contributed by atoms with van der Waals surface area (Å²) >= 11 is 0. The van der Waals surface area contributed by atoms with E-state index in [4.69, 9.17) is 5.11 Å². The lowest BCUT2D eigenvalue weighted by Crippen LogP contribution is -2.47. The smallest absolute Gasteiger partial charge is 0.337 e. The Balaban J connectivity index is 1.48. The molecule has 3 aromatic rings. The lowest BCUT2D eigenvalue weighted by molar-refractivity contribution is 0.0696. The van der Waals surface area contributed by atoms with Gasteiger partial charge in [0.2, 0.25) is 0 Å². The maximum Gasteiger partial charge on any atom is 0.337 e. The molecule has 5 rings (SSSR count). The van der Waals surface area contributed by atoms with Crippen LogP contribution in [-0.2, 0) is 6.54 Å². The Morgan fingerprint density at radius 2 is 1.97 bits per heavy atom. The zero-order valence-electron chi connectivity index (χ0n) is 15.7. The number of hydrogen-bond donors (Lipinski definition) is 1. The van der Waals surface area contributed by atoms with Gasteiger partial charge in [-0.15, -0.1) is 0 Å². The molecule has 1 saturated heterocycles. The van der Waals surface area contributed by atoms with Gasteiger partial charge in [-0.3, -0.25) is 9.78 Å². The average Bonchev–Trinajstić information content (AvgIpc) is 2.75. The van der Waals surface area contributed by atoms with E-state index in [0.717, 1.165) is 42.1 Å². The summed E-state index contributed by atoms with van der Waals surface area (Å²) in [5, 5.41) is 9.08. The first-order valence-corrected chi connectivity index (χ1v) is 9.68. The van der Waals surface area contributed by atoms with Gasteiger partial charge in [0.15, 0.2) is 0 Å². The number of hydrogen-bond acceptors (Lipinski definition) is 5. The van der Waals surface area contributed by atoms with E-state index >= 15 is 0 Å². The Morgan fingerprint density at radius 3 is 2.69 bits per heavy atom. The van der Waals surface area contributed by atoms with Crippen molar-refractivity contribution in [2.45, 2.75) is 18.9 Å². The first kappa shape index (κ1) is 17.6. The van der Waals surface area contributed by atoms with Crippen LogP contribution in [0.4, 0.5) is 5.82 Å². The molecule has 146 valence electrons. The first-order valence-electron chi connectivity index (χ1n) is 9.68. The number of carboxylic acid groups (broad SMARTS) is 1. The molecule has 29 heavy (non-hydrogen) atoms. The summed E-state index contributed by atoms with van der Waals surface area (Å²) in [6, 6.07) is 11.0. The van der Waals surface area contributed by atoms with Gasteiger partial charge >= 0.3 is 5.97 Å². The highest BCUT2D eigenvalue weighted by Gasteiger charge is 2.35. The third-order valence-electron chi connectivity index (χ3n) is 5.87. The minimum absolute atomic E-state index is 0.0356. The van der Waals surface area contributed by atoms with Crippen molar-refractivity contribution in [2.24, 2.45) is 5.92 Å². The standard InChI is InChI=1S/C22H20N4O3/c27-21-8-17(15-2-1-5-23-9-15)7-19-18-6-14(12-26(19)21)11-25(13-18)20-4-3-16(10-24-20)22(28)29/h1-5,7-10,14,18H,6,11-13H2,(H,28,29)/t14-,18+/m0/s1. The topological polar surface area (TPSA) is 88.3 Å². The molecular formula is C22H20N4O3. The minimum Gasteiger partial charge on any atom is -0.478 e. The Kier molecular flexibility index (Phi) is 4.16. The summed E-state index contributed by atoms with van der Waals surface area (Å²) < 4.78 is 1.91. The van der Waals surface area contributed by atoms with E-state index in [1.165, 1.54) is 6.20 Å². The maximum atomic E-state index is 12.8. The molecule has 2 atom stereocenters. The molecule has 0 spiro atoms. The summed E-state index contributed by atoms with van der Waals surface area (Å²) in [6.45, 7) is 2.26. The molecule has 0 aliphatic carbocycles. The van der Waals surface area contributed by atoms with Crippen molar-refractivity contribution < 1.29 is 9.90 Å².